The van der Waals surface area contributed by atoms with Crippen LogP contribution in [0.25, 0.3) is 0 Å². The van der Waals surface area contributed by atoms with Crippen molar-refractivity contribution in [2.24, 2.45) is 0 Å². The van der Waals surface area contributed by atoms with E-state index < -0.39 is 5.92 Å². The van der Waals surface area contributed by atoms with Crippen LogP contribution >= 0.6 is 0 Å². The van der Waals surface area contributed by atoms with Gasteiger partial charge in [-0.05, 0) is 17.5 Å². The first-order valence-electron chi connectivity index (χ1n) is 4.24. The first-order chi connectivity index (χ1) is 5.91. The van der Waals surface area contributed by atoms with E-state index in [1.165, 1.54) is 12.3 Å². The van der Waals surface area contributed by atoms with E-state index in [1.807, 2.05) is 13.8 Å². The number of aromatic nitrogens is 1. The molecule has 0 aliphatic heterocycles. The van der Waals surface area contributed by atoms with E-state index in [0.717, 1.165) is 12.5 Å². The van der Waals surface area contributed by atoms with E-state index >= 15 is 0 Å². The fraction of sp³-hybridized carbons (Fsp3) is 0.500. The molecule has 1 aromatic heterocycles. The molecule has 0 aliphatic rings. The van der Waals surface area contributed by atoms with E-state index in [9.17, 15) is 8.78 Å². The van der Waals surface area contributed by atoms with Crippen LogP contribution in [0.2, 0.25) is 0 Å². The maximum absolute atomic E-state index is 12.9. The number of halogens is 2. The predicted molar refractivity (Wildman–Crippen MR) is 47.9 cm³/mol. The zero-order chi connectivity index (χ0) is 10.1. The Bertz CT molecular complexity index is 289. The lowest BCUT2D eigenvalue weighted by Crippen LogP contribution is -2.08. The van der Waals surface area contributed by atoms with E-state index in [2.05, 4.69) is 4.98 Å². The summed E-state index contributed by atoms with van der Waals surface area (Å²) < 4.78 is 25.7. The molecular weight excluding hydrogens is 172 g/mol. The summed E-state index contributed by atoms with van der Waals surface area (Å²) in [4.78, 5) is 3.79. The molecule has 1 heterocycles. The highest BCUT2D eigenvalue weighted by Crippen LogP contribution is 2.28. The number of hydrogen-bond acceptors (Lipinski definition) is 1. The Kier molecular flexibility index (Phi) is 2.64. The number of alkyl halides is 2. The number of hydrogen-bond donors (Lipinski definition) is 0. The van der Waals surface area contributed by atoms with E-state index in [0.29, 0.717) is 0 Å². The highest BCUT2D eigenvalue weighted by atomic mass is 19.3. The normalized spacial score (nSPS) is 12.2. The van der Waals surface area contributed by atoms with Gasteiger partial charge in [-0.15, -0.1) is 0 Å². The van der Waals surface area contributed by atoms with Crippen molar-refractivity contribution < 1.29 is 8.78 Å². The van der Waals surface area contributed by atoms with Gasteiger partial charge in [0.1, 0.15) is 0 Å². The third-order valence-electron chi connectivity index (χ3n) is 1.93. The second kappa shape index (κ2) is 3.40. The third-order valence-corrected chi connectivity index (χ3v) is 1.93. The minimum atomic E-state index is -2.79. The summed E-state index contributed by atoms with van der Waals surface area (Å²) >= 11 is 0. The van der Waals surface area contributed by atoms with Crippen LogP contribution in [0.3, 0.4) is 0 Å². The molecule has 1 aromatic rings. The first-order valence-corrected chi connectivity index (χ1v) is 4.24. The van der Waals surface area contributed by atoms with Crippen LogP contribution in [0.4, 0.5) is 8.78 Å². The summed E-state index contributed by atoms with van der Waals surface area (Å²) in [5, 5.41) is 0. The summed E-state index contributed by atoms with van der Waals surface area (Å²) in [6, 6.07) is 1.51. The van der Waals surface area contributed by atoms with E-state index in [-0.39, 0.29) is 11.5 Å². The molecule has 0 bridgehead atoms. The molecule has 0 aliphatic carbocycles. The van der Waals surface area contributed by atoms with Crippen molar-refractivity contribution in [3.8, 4) is 0 Å². The largest absolute Gasteiger partial charge is 0.272 e. The Balaban J connectivity index is 3.06. The molecule has 72 valence electrons. The Morgan fingerprint density at radius 3 is 2.38 bits per heavy atom. The Labute approximate surface area is 76.8 Å². The number of rotatable bonds is 2. The quantitative estimate of drug-likeness (QED) is 0.688. The Hall–Kier alpha value is -0.990. The summed E-state index contributed by atoms with van der Waals surface area (Å²) in [6.45, 7) is 4.79. The van der Waals surface area contributed by atoms with Crippen LogP contribution in [0.15, 0.2) is 18.5 Å². The lowest BCUT2D eigenvalue weighted by molar-refractivity contribution is 0.0170. The lowest BCUT2D eigenvalue weighted by Gasteiger charge is -2.12. The average Bonchev–Trinajstić information content (AvgIpc) is 2.03. The second-order valence-electron chi connectivity index (χ2n) is 3.55. The van der Waals surface area contributed by atoms with Crippen LogP contribution in [0.5, 0.6) is 0 Å². The highest BCUT2D eigenvalue weighted by Gasteiger charge is 2.24. The number of nitrogens with zero attached hydrogens (tertiary/aromatic N) is 1. The van der Waals surface area contributed by atoms with Crippen molar-refractivity contribution in [2.75, 3.05) is 0 Å². The highest BCUT2D eigenvalue weighted by molar-refractivity contribution is 5.23. The zero-order valence-electron chi connectivity index (χ0n) is 8.01. The topological polar surface area (TPSA) is 12.9 Å². The molecule has 0 amide bonds. The molecule has 3 heteroatoms. The van der Waals surface area contributed by atoms with Gasteiger partial charge >= 0.3 is 0 Å². The van der Waals surface area contributed by atoms with Gasteiger partial charge in [0.15, 0.2) is 0 Å². The predicted octanol–water partition coefficient (Wildman–Crippen LogP) is 3.32. The maximum Gasteiger partial charge on any atom is 0.272 e. The van der Waals surface area contributed by atoms with Crippen molar-refractivity contribution in [1.29, 1.82) is 0 Å². The van der Waals surface area contributed by atoms with Gasteiger partial charge in [0.2, 0.25) is 0 Å². The minimum absolute atomic E-state index is 0.0151. The van der Waals surface area contributed by atoms with Crippen LogP contribution < -0.4 is 0 Å². The molecule has 1 nitrogen and oxygen atoms in total. The fourth-order valence-corrected chi connectivity index (χ4v) is 1.01. The molecular formula is C10H13F2N. The SMILES string of the molecule is CC(C)c1cncc(C(C)(F)F)c1. The fourth-order valence-electron chi connectivity index (χ4n) is 1.01. The van der Waals surface area contributed by atoms with Crippen LogP contribution in [0.1, 0.15) is 37.8 Å². The molecule has 13 heavy (non-hydrogen) atoms. The molecule has 0 N–H and O–H groups in total. The molecule has 1 rings (SSSR count). The number of pyridine rings is 1. The van der Waals surface area contributed by atoms with E-state index in [1.54, 1.807) is 6.20 Å². The van der Waals surface area contributed by atoms with Crippen molar-refractivity contribution >= 4 is 0 Å². The van der Waals surface area contributed by atoms with Gasteiger partial charge in [0.25, 0.3) is 5.92 Å². The summed E-state index contributed by atoms with van der Waals surface area (Å²) in [5.74, 6) is -2.56. The molecule has 0 fully saturated rings. The smallest absolute Gasteiger partial charge is 0.264 e. The van der Waals surface area contributed by atoms with Crippen molar-refractivity contribution in [3.63, 3.8) is 0 Å². The zero-order valence-corrected chi connectivity index (χ0v) is 8.01. The molecule has 0 saturated heterocycles. The Morgan fingerprint density at radius 2 is 1.92 bits per heavy atom. The molecule has 0 radical (unpaired) electrons. The second-order valence-corrected chi connectivity index (χ2v) is 3.55. The molecule has 0 unspecified atom stereocenters. The van der Waals surface area contributed by atoms with E-state index in [4.69, 9.17) is 0 Å². The van der Waals surface area contributed by atoms with Crippen molar-refractivity contribution in [3.05, 3.63) is 29.6 Å². The minimum Gasteiger partial charge on any atom is -0.264 e. The van der Waals surface area contributed by atoms with Crippen molar-refractivity contribution in [1.82, 2.24) is 4.98 Å². The van der Waals surface area contributed by atoms with Gasteiger partial charge < -0.3 is 0 Å². The van der Waals surface area contributed by atoms with Crippen LogP contribution in [-0.2, 0) is 5.92 Å². The van der Waals surface area contributed by atoms with Gasteiger partial charge in [-0.1, -0.05) is 13.8 Å². The first kappa shape index (κ1) is 10.1. The molecule has 0 saturated carbocycles. The molecule has 0 spiro atoms. The molecule has 0 atom stereocenters. The lowest BCUT2D eigenvalue weighted by atomic mass is 10.0. The summed E-state index contributed by atoms with van der Waals surface area (Å²) in [6.07, 6.45) is 2.84. The van der Waals surface area contributed by atoms with Gasteiger partial charge in [-0.2, -0.15) is 0 Å². The average molecular weight is 185 g/mol. The molecule has 0 aromatic carbocycles. The van der Waals surface area contributed by atoms with Crippen LogP contribution in [0, 0.1) is 0 Å². The summed E-state index contributed by atoms with van der Waals surface area (Å²) in [7, 11) is 0. The van der Waals surface area contributed by atoms with Crippen molar-refractivity contribution in [2.45, 2.75) is 32.6 Å². The van der Waals surface area contributed by atoms with Crippen LogP contribution in [-0.4, -0.2) is 4.98 Å². The van der Waals surface area contributed by atoms with Gasteiger partial charge in [0, 0.05) is 24.9 Å². The maximum atomic E-state index is 12.9. The van der Waals surface area contributed by atoms with Gasteiger partial charge in [-0.3, -0.25) is 4.98 Å². The Morgan fingerprint density at radius 1 is 1.31 bits per heavy atom. The standard InChI is InChI=1S/C10H13F2N/c1-7(2)8-4-9(6-13-5-8)10(3,11)12/h4-7H,1-3H3. The van der Waals surface area contributed by atoms with Gasteiger partial charge in [-0.25, -0.2) is 8.78 Å². The summed E-state index contributed by atoms with van der Waals surface area (Å²) in [5.41, 5.74) is 0.831. The third kappa shape index (κ3) is 2.47. The monoisotopic (exact) mass is 185 g/mol. The van der Waals surface area contributed by atoms with Gasteiger partial charge in [0.05, 0.1) is 0 Å².